The van der Waals surface area contributed by atoms with E-state index < -0.39 is 11.8 Å². The topological polar surface area (TPSA) is 30.5 Å². The maximum absolute atomic E-state index is 13.8. The lowest BCUT2D eigenvalue weighted by molar-refractivity contribution is -0.0420. The Morgan fingerprint density at radius 3 is 2.56 bits per heavy atom. The first-order valence-corrected chi connectivity index (χ1v) is 5.89. The summed E-state index contributed by atoms with van der Waals surface area (Å²) in [4.78, 5) is 0. The van der Waals surface area contributed by atoms with Gasteiger partial charge >= 0.3 is 0 Å². The lowest BCUT2D eigenvalue weighted by Crippen LogP contribution is -2.44. The third-order valence-corrected chi connectivity index (χ3v) is 3.29. The van der Waals surface area contributed by atoms with Crippen molar-refractivity contribution in [3.8, 4) is 11.5 Å². The molecule has 1 unspecified atom stereocenters. The van der Waals surface area contributed by atoms with Crippen LogP contribution in [0.5, 0.6) is 11.5 Å². The van der Waals surface area contributed by atoms with E-state index in [2.05, 4.69) is 5.32 Å². The van der Waals surface area contributed by atoms with Crippen molar-refractivity contribution in [1.29, 1.82) is 0 Å². The fraction of sp³-hybridized carbons (Fsp3) is 0.538. The summed E-state index contributed by atoms with van der Waals surface area (Å²) in [6.45, 7) is 0.334. The number of alkyl halides is 2. The molecular formula is C13H17F2NO2. The van der Waals surface area contributed by atoms with Gasteiger partial charge in [0, 0.05) is 0 Å². The van der Waals surface area contributed by atoms with E-state index in [4.69, 9.17) is 9.47 Å². The van der Waals surface area contributed by atoms with Crippen LogP contribution in [0.4, 0.5) is 8.78 Å². The van der Waals surface area contributed by atoms with Gasteiger partial charge in [0.2, 0.25) is 0 Å². The third kappa shape index (κ3) is 2.41. The van der Waals surface area contributed by atoms with Crippen LogP contribution in [-0.2, 0) is 0 Å². The fourth-order valence-corrected chi connectivity index (χ4v) is 2.32. The van der Waals surface area contributed by atoms with Crippen molar-refractivity contribution in [1.82, 2.24) is 5.32 Å². The molecule has 2 rings (SSSR count). The Bertz CT molecular complexity index is 423. The maximum Gasteiger partial charge on any atom is 0.267 e. The Balaban J connectivity index is 2.32. The quantitative estimate of drug-likeness (QED) is 0.902. The SMILES string of the molecule is COc1ccc(C2CCNCC2(F)F)cc1OC. The van der Waals surface area contributed by atoms with E-state index in [1.807, 2.05) is 0 Å². The standard InChI is InChI=1S/C13H17F2NO2/c1-17-11-4-3-9(7-12(11)18-2)10-5-6-16-8-13(10,14)15/h3-4,7,10,16H,5-6,8H2,1-2H3. The molecule has 1 heterocycles. The number of benzene rings is 1. The van der Waals surface area contributed by atoms with E-state index in [1.54, 1.807) is 18.2 Å². The van der Waals surface area contributed by atoms with Gasteiger partial charge in [-0.05, 0) is 30.7 Å². The number of rotatable bonds is 3. The molecule has 0 amide bonds. The molecule has 1 aromatic rings. The molecule has 1 N–H and O–H groups in total. The summed E-state index contributed by atoms with van der Waals surface area (Å²) in [7, 11) is 3.03. The summed E-state index contributed by atoms with van der Waals surface area (Å²) in [6.07, 6.45) is 0.419. The van der Waals surface area contributed by atoms with Crippen LogP contribution in [0, 0.1) is 0 Å². The van der Waals surface area contributed by atoms with Crippen LogP contribution in [0.2, 0.25) is 0 Å². The predicted octanol–water partition coefficient (Wildman–Crippen LogP) is 2.42. The second-order valence-corrected chi connectivity index (χ2v) is 4.39. The molecule has 1 atom stereocenters. The highest BCUT2D eigenvalue weighted by atomic mass is 19.3. The Morgan fingerprint density at radius 1 is 1.22 bits per heavy atom. The number of methoxy groups -OCH3 is 2. The number of hydrogen-bond acceptors (Lipinski definition) is 3. The van der Waals surface area contributed by atoms with Gasteiger partial charge in [0.15, 0.2) is 11.5 Å². The number of hydrogen-bond donors (Lipinski definition) is 1. The van der Waals surface area contributed by atoms with Crippen molar-refractivity contribution >= 4 is 0 Å². The smallest absolute Gasteiger partial charge is 0.267 e. The summed E-state index contributed by atoms with van der Waals surface area (Å²) in [5.41, 5.74) is 0.596. The molecule has 18 heavy (non-hydrogen) atoms. The van der Waals surface area contributed by atoms with Crippen molar-refractivity contribution in [3.05, 3.63) is 23.8 Å². The van der Waals surface area contributed by atoms with Gasteiger partial charge in [0.05, 0.1) is 26.7 Å². The van der Waals surface area contributed by atoms with E-state index in [0.717, 1.165) is 0 Å². The first-order chi connectivity index (χ1) is 8.58. The Hall–Kier alpha value is -1.36. The van der Waals surface area contributed by atoms with Crippen molar-refractivity contribution in [2.75, 3.05) is 27.3 Å². The van der Waals surface area contributed by atoms with E-state index in [9.17, 15) is 8.78 Å². The van der Waals surface area contributed by atoms with Crippen molar-refractivity contribution in [3.63, 3.8) is 0 Å². The molecule has 0 spiro atoms. The minimum Gasteiger partial charge on any atom is -0.493 e. The minimum absolute atomic E-state index is 0.272. The van der Waals surface area contributed by atoms with Crippen molar-refractivity contribution < 1.29 is 18.3 Å². The van der Waals surface area contributed by atoms with E-state index in [0.29, 0.717) is 30.0 Å². The zero-order valence-electron chi connectivity index (χ0n) is 10.5. The molecule has 1 aliphatic rings. The van der Waals surface area contributed by atoms with E-state index in [-0.39, 0.29) is 6.54 Å². The monoisotopic (exact) mass is 257 g/mol. The second-order valence-electron chi connectivity index (χ2n) is 4.39. The van der Waals surface area contributed by atoms with Gasteiger partial charge in [0.1, 0.15) is 0 Å². The first-order valence-electron chi connectivity index (χ1n) is 5.89. The van der Waals surface area contributed by atoms with E-state index >= 15 is 0 Å². The average molecular weight is 257 g/mol. The number of halogens is 2. The molecule has 0 aliphatic carbocycles. The second kappa shape index (κ2) is 5.10. The van der Waals surface area contributed by atoms with Gasteiger partial charge in [-0.15, -0.1) is 0 Å². The number of piperidine rings is 1. The molecule has 0 aromatic heterocycles. The van der Waals surface area contributed by atoms with Gasteiger partial charge in [-0.2, -0.15) is 0 Å². The molecule has 0 saturated carbocycles. The van der Waals surface area contributed by atoms with Gasteiger partial charge in [-0.3, -0.25) is 0 Å². The average Bonchev–Trinajstić information content (AvgIpc) is 2.37. The molecule has 1 saturated heterocycles. The predicted molar refractivity (Wildman–Crippen MR) is 64.7 cm³/mol. The normalized spacial score (nSPS) is 22.6. The number of ether oxygens (including phenoxy) is 2. The first kappa shape index (κ1) is 13.1. The van der Waals surface area contributed by atoms with Gasteiger partial charge < -0.3 is 14.8 Å². The van der Waals surface area contributed by atoms with Crippen LogP contribution >= 0.6 is 0 Å². The van der Waals surface area contributed by atoms with Gasteiger partial charge in [0.25, 0.3) is 5.92 Å². The third-order valence-electron chi connectivity index (χ3n) is 3.29. The number of nitrogens with one attached hydrogen (secondary N) is 1. The molecule has 1 fully saturated rings. The fourth-order valence-electron chi connectivity index (χ4n) is 2.32. The van der Waals surface area contributed by atoms with Crippen molar-refractivity contribution in [2.45, 2.75) is 18.3 Å². The Kier molecular flexibility index (Phi) is 3.71. The van der Waals surface area contributed by atoms with Gasteiger partial charge in [-0.25, -0.2) is 8.78 Å². The highest BCUT2D eigenvalue weighted by Crippen LogP contribution is 2.40. The summed E-state index contributed by atoms with van der Waals surface area (Å²) >= 11 is 0. The van der Waals surface area contributed by atoms with Crippen LogP contribution in [0.25, 0.3) is 0 Å². The summed E-state index contributed by atoms with van der Waals surface area (Å²) in [5.74, 6) is -2.45. The largest absolute Gasteiger partial charge is 0.493 e. The lowest BCUT2D eigenvalue weighted by atomic mass is 9.87. The van der Waals surface area contributed by atoms with Crippen LogP contribution in [-0.4, -0.2) is 33.2 Å². The van der Waals surface area contributed by atoms with Crippen molar-refractivity contribution in [2.24, 2.45) is 0 Å². The Labute approximate surface area is 105 Å². The molecule has 0 radical (unpaired) electrons. The molecular weight excluding hydrogens is 240 g/mol. The summed E-state index contributed by atoms with van der Waals surface area (Å²) < 4.78 is 37.9. The molecule has 5 heteroatoms. The lowest BCUT2D eigenvalue weighted by Gasteiger charge is -2.32. The van der Waals surface area contributed by atoms with Crippen LogP contribution in [0.3, 0.4) is 0 Å². The maximum atomic E-state index is 13.8. The van der Waals surface area contributed by atoms with Crippen LogP contribution in [0.1, 0.15) is 17.9 Å². The molecule has 100 valence electrons. The zero-order chi connectivity index (χ0) is 13.2. The highest BCUT2D eigenvalue weighted by molar-refractivity contribution is 5.44. The zero-order valence-corrected chi connectivity index (χ0v) is 10.5. The Morgan fingerprint density at radius 2 is 1.94 bits per heavy atom. The molecule has 3 nitrogen and oxygen atoms in total. The summed E-state index contributed by atoms with van der Waals surface area (Å²) in [6, 6.07) is 5.00. The van der Waals surface area contributed by atoms with Gasteiger partial charge in [-0.1, -0.05) is 6.07 Å². The van der Waals surface area contributed by atoms with Crippen LogP contribution in [0.15, 0.2) is 18.2 Å². The molecule has 1 aliphatic heterocycles. The minimum atomic E-state index is -2.72. The molecule has 1 aromatic carbocycles. The molecule has 0 bridgehead atoms. The van der Waals surface area contributed by atoms with Crippen LogP contribution < -0.4 is 14.8 Å². The summed E-state index contributed by atoms with van der Waals surface area (Å²) in [5, 5.41) is 2.72. The highest BCUT2D eigenvalue weighted by Gasteiger charge is 2.42. The van der Waals surface area contributed by atoms with E-state index in [1.165, 1.54) is 14.2 Å².